The Morgan fingerprint density at radius 2 is 2.05 bits per heavy atom. The number of carbonyl (C=O) groups is 1. The van der Waals surface area contributed by atoms with Crippen LogP contribution in [0.15, 0.2) is 24.5 Å². The summed E-state index contributed by atoms with van der Waals surface area (Å²) in [6.45, 7) is 3.71. The number of hydrogen-bond donors (Lipinski definition) is 2. The minimum absolute atomic E-state index is 0.0318. The van der Waals surface area contributed by atoms with Crippen molar-refractivity contribution >= 4 is 5.91 Å². The van der Waals surface area contributed by atoms with Crippen LogP contribution in [0.25, 0.3) is 5.69 Å². The Labute approximate surface area is 110 Å². The SMILES string of the molecule is Cc1cc(C(N)=O)c(-n2nccn2)c([C@H](C)CO)c1. The van der Waals surface area contributed by atoms with Gasteiger partial charge in [0.25, 0.3) is 5.91 Å². The van der Waals surface area contributed by atoms with Gasteiger partial charge in [-0.3, -0.25) is 4.79 Å². The van der Waals surface area contributed by atoms with Crippen molar-refractivity contribution in [2.24, 2.45) is 5.73 Å². The molecule has 6 nitrogen and oxygen atoms in total. The summed E-state index contributed by atoms with van der Waals surface area (Å²) in [7, 11) is 0. The molecule has 2 aromatic rings. The number of aryl methyl sites for hydroxylation is 1. The lowest BCUT2D eigenvalue weighted by Gasteiger charge is -2.17. The summed E-state index contributed by atoms with van der Waals surface area (Å²) in [5.74, 6) is -0.679. The van der Waals surface area contributed by atoms with Gasteiger partial charge >= 0.3 is 0 Å². The molecule has 0 saturated carbocycles. The lowest BCUT2D eigenvalue weighted by molar-refractivity contribution is 0.0999. The fourth-order valence-electron chi connectivity index (χ4n) is 2.02. The van der Waals surface area contributed by atoms with Crippen molar-refractivity contribution in [1.29, 1.82) is 0 Å². The largest absolute Gasteiger partial charge is 0.396 e. The molecule has 1 aromatic carbocycles. The van der Waals surface area contributed by atoms with Crippen LogP contribution < -0.4 is 5.73 Å². The molecule has 2 rings (SSSR count). The van der Waals surface area contributed by atoms with Gasteiger partial charge in [-0.15, -0.1) is 0 Å². The number of rotatable bonds is 4. The highest BCUT2D eigenvalue weighted by Gasteiger charge is 2.20. The normalized spacial score (nSPS) is 12.4. The van der Waals surface area contributed by atoms with Gasteiger partial charge in [-0.2, -0.15) is 15.0 Å². The molecule has 6 heteroatoms. The maximum absolute atomic E-state index is 11.6. The Morgan fingerprint density at radius 3 is 2.58 bits per heavy atom. The van der Waals surface area contributed by atoms with Crippen LogP contribution in [-0.4, -0.2) is 32.6 Å². The zero-order valence-corrected chi connectivity index (χ0v) is 10.9. The first-order chi connectivity index (χ1) is 9.04. The number of nitrogens with zero attached hydrogens (tertiary/aromatic N) is 3. The first kappa shape index (κ1) is 13.2. The van der Waals surface area contributed by atoms with Gasteiger partial charge < -0.3 is 10.8 Å². The standard InChI is InChI=1S/C13H16N4O2/c1-8-5-10(9(2)7-18)12(11(6-8)13(14)19)17-15-3-4-16-17/h3-6,9,18H,7H2,1-2H3,(H2,14,19)/t9-/m1/s1. The average molecular weight is 260 g/mol. The average Bonchev–Trinajstić information content (AvgIpc) is 2.90. The minimum Gasteiger partial charge on any atom is -0.396 e. The number of nitrogens with two attached hydrogens (primary N) is 1. The van der Waals surface area contributed by atoms with E-state index in [0.29, 0.717) is 11.3 Å². The van der Waals surface area contributed by atoms with Gasteiger partial charge in [-0.1, -0.05) is 13.0 Å². The maximum atomic E-state index is 11.6. The molecule has 100 valence electrons. The molecule has 0 radical (unpaired) electrons. The number of aromatic nitrogens is 3. The van der Waals surface area contributed by atoms with E-state index in [1.807, 2.05) is 19.9 Å². The molecule has 0 spiro atoms. The van der Waals surface area contributed by atoms with Crippen LogP contribution in [0.2, 0.25) is 0 Å². The first-order valence-corrected chi connectivity index (χ1v) is 5.96. The number of carbonyl (C=O) groups excluding carboxylic acids is 1. The molecule has 1 aromatic heterocycles. The van der Waals surface area contributed by atoms with E-state index in [2.05, 4.69) is 10.2 Å². The third kappa shape index (κ3) is 2.48. The fourth-order valence-corrected chi connectivity index (χ4v) is 2.02. The molecule has 3 N–H and O–H groups in total. The molecule has 0 saturated heterocycles. The molecule has 0 unspecified atom stereocenters. The zero-order chi connectivity index (χ0) is 14.0. The second-order valence-corrected chi connectivity index (χ2v) is 4.52. The number of primary amides is 1. The quantitative estimate of drug-likeness (QED) is 0.849. The fraction of sp³-hybridized carbons (Fsp3) is 0.308. The van der Waals surface area contributed by atoms with Gasteiger partial charge in [0.15, 0.2) is 0 Å². The lowest BCUT2D eigenvalue weighted by atomic mass is 9.94. The van der Waals surface area contributed by atoms with E-state index in [1.54, 1.807) is 6.07 Å². The predicted octanol–water partition coefficient (Wildman–Crippen LogP) is 0.770. The van der Waals surface area contributed by atoms with Crippen molar-refractivity contribution in [3.05, 3.63) is 41.2 Å². The molecule has 0 bridgehead atoms. The summed E-state index contributed by atoms with van der Waals surface area (Å²) in [6.07, 6.45) is 3.05. The van der Waals surface area contributed by atoms with Gasteiger partial charge in [-0.25, -0.2) is 0 Å². The highest BCUT2D eigenvalue weighted by atomic mass is 16.3. The first-order valence-electron chi connectivity index (χ1n) is 5.96. The summed E-state index contributed by atoms with van der Waals surface area (Å²) in [5.41, 5.74) is 8.02. The molecule has 1 atom stereocenters. The number of hydrogen-bond acceptors (Lipinski definition) is 4. The van der Waals surface area contributed by atoms with Crippen LogP contribution in [-0.2, 0) is 0 Å². The zero-order valence-electron chi connectivity index (χ0n) is 10.9. The molecule has 1 amide bonds. The monoisotopic (exact) mass is 260 g/mol. The van der Waals surface area contributed by atoms with Gasteiger partial charge in [0, 0.05) is 12.5 Å². The summed E-state index contributed by atoms with van der Waals surface area (Å²) in [5, 5.41) is 17.5. The third-order valence-electron chi connectivity index (χ3n) is 2.97. The molecular weight excluding hydrogens is 244 g/mol. The van der Waals surface area contributed by atoms with Gasteiger partial charge in [0.2, 0.25) is 0 Å². The second kappa shape index (κ2) is 5.19. The van der Waals surface area contributed by atoms with Gasteiger partial charge in [-0.05, 0) is 24.1 Å². The van der Waals surface area contributed by atoms with Crippen LogP contribution in [0.4, 0.5) is 0 Å². The van der Waals surface area contributed by atoms with Crippen molar-refractivity contribution in [3.63, 3.8) is 0 Å². The van der Waals surface area contributed by atoms with Crippen molar-refractivity contribution in [2.75, 3.05) is 6.61 Å². The van der Waals surface area contributed by atoms with Crippen LogP contribution in [0.1, 0.15) is 34.3 Å². The van der Waals surface area contributed by atoms with E-state index in [4.69, 9.17) is 5.73 Å². The summed E-state index contributed by atoms with van der Waals surface area (Å²) < 4.78 is 0. The van der Waals surface area contributed by atoms with Gasteiger partial charge in [0.05, 0.1) is 18.0 Å². The van der Waals surface area contributed by atoms with Crippen LogP contribution in [0.5, 0.6) is 0 Å². The van der Waals surface area contributed by atoms with Crippen molar-refractivity contribution in [2.45, 2.75) is 19.8 Å². The number of benzene rings is 1. The van der Waals surface area contributed by atoms with Gasteiger partial charge in [0.1, 0.15) is 5.69 Å². The van der Waals surface area contributed by atoms with Crippen molar-refractivity contribution in [1.82, 2.24) is 15.0 Å². The van der Waals surface area contributed by atoms with Crippen LogP contribution in [0, 0.1) is 6.92 Å². The molecule has 19 heavy (non-hydrogen) atoms. The topological polar surface area (TPSA) is 94.0 Å². The Bertz CT molecular complexity index is 593. The van der Waals surface area contributed by atoms with Crippen LogP contribution >= 0.6 is 0 Å². The molecule has 0 aliphatic rings. The Balaban J connectivity index is 2.75. The molecule has 0 fully saturated rings. The lowest BCUT2D eigenvalue weighted by Crippen LogP contribution is -2.19. The predicted molar refractivity (Wildman–Crippen MR) is 70.1 cm³/mol. The van der Waals surface area contributed by atoms with E-state index < -0.39 is 5.91 Å². The third-order valence-corrected chi connectivity index (χ3v) is 2.97. The summed E-state index contributed by atoms with van der Waals surface area (Å²) in [4.78, 5) is 13.0. The molecule has 0 aliphatic carbocycles. The van der Waals surface area contributed by atoms with Crippen LogP contribution in [0.3, 0.4) is 0 Å². The Morgan fingerprint density at radius 1 is 1.42 bits per heavy atom. The molecule has 1 heterocycles. The molecular formula is C13H16N4O2. The number of aliphatic hydroxyl groups is 1. The van der Waals surface area contributed by atoms with E-state index in [9.17, 15) is 9.90 Å². The van der Waals surface area contributed by atoms with Crippen molar-refractivity contribution < 1.29 is 9.90 Å². The highest BCUT2D eigenvalue weighted by molar-refractivity contribution is 5.97. The molecule has 0 aliphatic heterocycles. The minimum atomic E-state index is -0.539. The van der Waals surface area contributed by atoms with Crippen molar-refractivity contribution in [3.8, 4) is 5.69 Å². The summed E-state index contributed by atoms with van der Waals surface area (Å²) >= 11 is 0. The van der Waals surface area contributed by atoms with E-state index in [1.165, 1.54) is 17.2 Å². The van der Waals surface area contributed by atoms with E-state index in [0.717, 1.165) is 11.1 Å². The number of aliphatic hydroxyl groups excluding tert-OH is 1. The Hall–Kier alpha value is -2.21. The Kier molecular flexibility index (Phi) is 3.62. The summed E-state index contributed by atoms with van der Waals surface area (Å²) in [6, 6.07) is 3.61. The second-order valence-electron chi connectivity index (χ2n) is 4.52. The smallest absolute Gasteiger partial charge is 0.250 e. The van der Waals surface area contributed by atoms with E-state index in [-0.39, 0.29) is 12.5 Å². The van der Waals surface area contributed by atoms with E-state index >= 15 is 0 Å². The number of amides is 1. The highest BCUT2D eigenvalue weighted by Crippen LogP contribution is 2.27. The maximum Gasteiger partial charge on any atom is 0.250 e.